The molecule has 1 fully saturated rings. The van der Waals surface area contributed by atoms with Gasteiger partial charge in [-0.05, 0) is 43.3 Å². The minimum Gasteiger partial charge on any atom is -0.479 e. The Balaban J connectivity index is 1.64. The molecule has 0 saturated carbocycles. The Hall–Kier alpha value is -1.84. The third kappa shape index (κ3) is 5.21. The van der Waals surface area contributed by atoms with E-state index in [1.54, 1.807) is 25.1 Å². The van der Waals surface area contributed by atoms with Gasteiger partial charge >= 0.3 is 0 Å². The van der Waals surface area contributed by atoms with Gasteiger partial charge in [0.25, 0.3) is 5.91 Å². The number of rotatable bonds is 6. The molecule has 1 atom stereocenters. The summed E-state index contributed by atoms with van der Waals surface area (Å²) >= 11 is 12.0. The van der Waals surface area contributed by atoms with Crippen molar-refractivity contribution in [2.75, 3.05) is 31.6 Å². The van der Waals surface area contributed by atoms with Gasteiger partial charge in [0, 0.05) is 18.8 Å². The molecule has 1 aliphatic rings. The van der Waals surface area contributed by atoms with Crippen LogP contribution in [0, 0.1) is 0 Å². The second kappa shape index (κ2) is 9.32. The molecule has 2 aromatic rings. The lowest BCUT2D eigenvalue weighted by Crippen LogP contribution is -2.40. The van der Waals surface area contributed by atoms with Crippen molar-refractivity contribution >= 4 is 44.8 Å². The van der Waals surface area contributed by atoms with Crippen LogP contribution in [0.1, 0.15) is 6.92 Å². The van der Waals surface area contributed by atoms with Gasteiger partial charge in [-0.2, -0.15) is 4.31 Å². The Kier molecular flexibility index (Phi) is 7.02. The lowest BCUT2D eigenvalue weighted by Gasteiger charge is -2.26. The molecule has 2 aromatic carbocycles. The molecule has 1 N–H and O–H groups in total. The maximum absolute atomic E-state index is 12.6. The van der Waals surface area contributed by atoms with E-state index in [0.29, 0.717) is 42.8 Å². The van der Waals surface area contributed by atoms with E-state index in [0.717, 1.165) is 0 Å². The first-order chi connectivity index (χ1) is 13.8. The highest BCUT2D eigenvalue weighted by molar-refractivity contribution is 7.89. The van der Waals surface area contributed by atoms with E-state index in [2.05, 4.69) is 5.32 Å². The van der Waals surface area contributed by atoms with Crippen molar-refractivity contribution in [2.24, 2.45) is 0 Å². The molecule has 1 unspecified atom stereocenters. The topological polar surface area (TPSA) is 84.9 Å². The zero-order valence-corrected chi connectivity index (χ0v) is 17.9. The van der Waals surface area contributed by atoms with Crippen molar-refractivity contribution in [1.29, 1.82) is 0 Å². The molecule has 0 radical (unpaired) electrons. The normalized spacial score (nSPS) is 16.2. The summed E-state index contributed by atoms with van der Waals surface area (Å²) in [6, 6.07) is 10.9. The van der Waals surface area contributed by atoms with Crippen LogP contribution in [0.5, 0.6) is 5.75 Å². The zero-order chi connectivity index (χ0) is 21.0. The number of sulfonamides is 1. The quantitative estimate of drug-likeness (QED) is 0.716. The SMILES string of the molecule is CC(Oc1cccc(Cl)c1Cl)C(=O)Nc1ccc(S(=O)(=O)N2CCOCC2)cc1. The molecule has 1 saturated heterocycles. The fraction of sp³-hybridized carbons (Fsp3) is 0.316. The predicted octanol–water partition coefficient (Wildman–Crippen LogP) is 3.42. The van der Waals surface area contributed by atoms with Crippen molar-refractivity contribution in [3.63, 3.8) is 0 Å². The number of carbonyl (C=O) groups is 1. The second-order valence-electron chi connectivity index (χ2n) is 6.34. The second-order valence-corrected chi connectivity index (χ2v) is 9.07. The molecule has 1 amide bonds. The molecular formula is C19H20Cl2N2O5S. The third-order valence-electron chi connectivity index (χ3n) is 4.32. The number of nitrogens with zero attached hydrogens (tertiary/aromatic N) is 1. The Bertz CT molecular complexity index is 977. The van der Waals surface area contributed by atoms with Crippen LogP contribution in [0.25, 0.3) is 0 Å². The highest BCUT2D eigenvalue weighted by Gasteiger charge is 2.26. The number of nitrogens with one attached hydrogen (secondary N) is 1. The Morgan fingerprint density at radius 3 is 2.45 bits per heavy atom. The van der Waals surface area contributed by atoms with Gasteiger partial charge in [0.2, 0.25) is 10.0 Å². The van der Waals surface area contributed by atoms with E-state index in [1.165, 1.54) is 28.6 Å². The Morgan fingerprint density at radius 1 is 1.14 bits per heavy atom. The molecule has 0 aliphatic carbocycles. The highest BCUT2D eigenvalue weighted by atomic mass is 35.5. The summed E-state index contributed by atoms with van der Waals surface area (Å²) in [6.45, 7) is 2.97. The molecule has 0 spiro atoms. The van der Waals surface area contributed by atoms with Gasteiger partial charge in [0.05, 0.1) is 23.1 Å². The summed E-state index contributed by atoms with van der Waals surface area (Å²) in [7, 11) is -3.58. The van der Waals surface area contributed by atoms with Crippen molar-refractivity contribution in [3.05, 3.63) is 52.5 Å². The molecule has 0 aromatic heterocycles. The van der Waals surface area contributed by atoms with Crippen molar-refractivity contribution in [1.82, 2.24) is 4.31 Å². The van der Waals surface area contributed by atoms with Crippen molar-refractivity contribution < 1.29 is 22.7 Å². The number of morpholine rings is 1. The molecule has 7 nitrogen and oxygen atoms in total. The number of carbonyl (C=O) groups excluding carboxylic acids is 1. The summed E-state index contributed by atoms with van der Waals surface area (Å²) in [5.41, 5.74) is 0.448. The van der Waals surface area contributed by atoms with Gasteiger partial charge < -0.3 is 14.8 Å². The summed E-state index contributed by atoms with van der Waals surface area (Å²) in [6.07, 6.45) is -0.845. The lowest BCUT2D eigenvalue weighted by molar-refractivity contribution is -0.122. The maximum Gasteiger partial charge on any atom is 0.265 e. The van der Waals surface area contributed by atoms with E-state index in [-0.39, 0.29) is 9.92 Å². The molecular weight excluding hydrogens is 439 g/mol. The highest BCUT2D eigenvalue weighted by Crippen LogP contribution is 2.32. The average Bonchev–Trinajstić information content (AvgIpc) is 2.72. The minimum atomic E-state index is -3.58. The van der Waals surface area contributed by atoms with E-state index >= 15 is 0 Å². The number of hydrogen-bond donors (Lipinski definition) is 1. The van der Waals surface area contributed by atoms with Crippen LogP contribution in [0.2, 0.25) is 10.0 Å². The molecule has 1 heterocycles. The van der Waals surface area contributed by atoms with E-state index in [9.17, 15) is 13.2 Å². The summed E-state index contributed by atoms with van der Waals surface area (Å²) in [5.74, 6) is -0.112. The first kappa shape index (κ1) is 21.9. The maximum atomic E-state index is 12.6. The zero-order valence-electron chi connectivity index (χ0n) is 15.6. The van der Waals surface area contributed by atoms with Gasteiger partial charge in [0.1, 0.15) is 10.8 Å². The standard InChI is InChI=1S/C19H20Cl2N2O5S/c1-13(28-17-4-2-3-16(20)18(17)21)19(24)22-14-5-7-15(8-6-14)29(25,26)23-9-11-27-12-10-23/h2-8,13H,9-12H2,1H3,(H,22,24). The van der Waals surface area contributed by atoms with Crippen LogP contribution >= 0.6 is 23.2 Å². The summed E-state index contributed by atoms with van der Waals surface area (Å²) in [4.78, 5) is 12.5. The van der Waals surface area contributed by atoms with E-state index in [1.807, 2.05) is 0 Å². The fourth-order valence-corrected chi connectivity index (χ4v) is 4.45. The van der Waals surface area contributed by atoms with Crippen LogP contribution in [-0.4, -0.2) is 51.0 Å². The smallest absolute Gasteiger partial charge is 0.265 e. The van der Waals surface area contributed by atoms with Gasteiger partial charge in [-0.3, -0.25) is 4.79 Å². The fourth-order valence-electron chi connectivity index (χ4n) is 2.71. The number of anilines is 1. The monoisotopic (exact) mass is 458 g/mol. The van der Waals surface area contributed by atoms with Crippen LogP contribution in [-0.2, 0) is 19.6 Å². The van der Waals surface area contributed by atoms with Crippen LogP contribution in [0.4, 0.5) is 5.69 Å². The predicted molar refractivity (Wildman–Crippen MR) is 111 cm³/mol. The molecule has 156 valence electrons. The first-order valence-corrected chi connectivity index (χ1v) is 11.1. The van der Waals surface area contributed by atoms with Gasteiger partial charge in [-0.1, -0.05) is 29.3 Å². The summed E-state index contributed by atoms with van der Waals surface area (Å²) in [5, 5.41) is 3.24. The number of halogens is 2. The van der Waals surface area contributed by atoms with E-state index < -0.39 is 22.0 Å². The third-order valence-corrected chi connectivity index (χ3v) is 7.03. The molecule has 29 heavy (non-hydrogen) atoms. The first-order valence-electron chi connectivity index (χ1n) is 8.88. The Morgan fingerprint density at radius 2 is 1.79 bits per heavy atom. The number of ether oxygens (including phenoxy) is 2. The van der Waals surface area contributed by atoms with E-state index in [4.69, 9.17) is 32.7 Å². The van der Waals surface area contributed by atoms with Gasteiger partial charge in [0.15, 0.2) is 6.10 Å². The minimum absolute atomic E-state index is 0.160. The molecule has 3 rings (SSSR count). The van der Waals surface area contributed by atoms with Crippen molar-refractivity contribution in [3.8, 4) is 5.75 Å². The molecule has 10 heteroatoms. The average molecular weight is 459 g/mol. The Labute approximate surface area is 179 Å². The van der Waals surface area contributed by atoms with Crippen LogP contribution < -0.4 is 10.1 Å². The molecule has 0 bridgehead atoms. The van der Waals surface area contributed by atoms with Gasteiger partial charge in [-0.25, -0.2) is 8.42 Å². The summed E-state index contributed by atoms with van der Waals surface area (Å²) < 4.78 is 37.4. The largest absolute Gasteiger partial charge is 0.479 e. The van der Waals surface area contributed by atoms with Crippen LogP contribution in [0.3, 0.4) is 0 Å². The van der Waals surface area contributed by atoms with Crippen molar-refractivity contribution in [2.45, 2.75) is 17.9 Å². The molecule has 1 aliphatic heterocycles. The lowest BCUT2D eigenvalue weighted by atomic mass is 10.3. The van der Waals surface area contributed by atoms with Crippen LogP contribution in [0.15, 0.2) is 47.4 Å². The number of benzene rings is 2. The number of hydrogen-bond acceptors (Lipinski definition) is 5. The number of amides is 1. The van der Waals surface area contributed by atoms with Gasteiger partial charge in [-0.15, -0.1) is 0 Å².